The molecule has 2 N–H and O–H groups in total. The number of nitrogens with one attached hydrogen (secondary N) is 2. The van der Waals surface area contributed by atoms with E-state index in [0.29, 0.717) is 25.1 Å². The van der Waals surface area contributed by atoms with Crippen LogP contribution >= 0.6 is 0 Å². The van der Waals surface area contributed by atoms with Crippen LogP contribution in [-0.2, 0) is 4.79 Å². The van der Waals surface area contributed by atoms with E-state index in [9.17, 15) is 9.59 Å². The first kappa shape index (κ1) is 17.7. The van der Waals surface area contributed by atoms with E-state index in [1.807, 2.05) is 54.6 Å². The van der Waals surface area contributed by atoms with E-state index in [0.717, 1.165) is 24.0 Å². The SMILES string of the molecule is CCCCC(=O)NCCNC(=O)c1ccc(-c2ccccc2)cc1. The fourth-order valence-corrected chi connectivity index (χ4v) is 2.35. The van der Waals surface area contributed by atoms with Gasteiger partial charge < -0.3 is 10.6 Å². The highest BCUT2D eigenvalue weighted by Gasteiger charge is 2.06. The highest BCUT2D eigenvalue weighted by molar-refractivity contribution is 5.94. The Labute approximate surface area is 143 Å². The van der Waals surface area contributed by atoms with Crippen LogP contribution in [0.3, 0.4) is 0 Å². The van der Waals surface area contributed by atoms with Gasteiger partial charge in [-0.2, -0.15) is 0 Å². The Hall–Kier alpha value is -2.62. The lowest BCUT2D eigenvalue weighted by Gasteiger charge is -2.08. The van der Waals surface area contributed by atoms with Crippen LogP contribution in [-0.4, -0.2) is 24.9 Å². The van der Waals surface area contributed by atoms with Gasteiger partial charge >= 0.3 is 0 Å². The second-order valence-electron chi connectivity index (χ2n) is 5.65. The largest absolute Gasteiger partial charge is 0.354 e. The molecule has 0 aromatic heterocycles. The predicted octanol–water partition coefficient (Wildman–Crippen LogP) is 3.39. The molecule has 2 amide bonds. The van der Waals surface area contributed by atoms with Crippen molar-refractivity contribution in [3.05, 3.63) is 60.2 Å². The summed E-state index contributed by atoms with van der Waals surface area (Å²) in [5, 5.41) is 5.62. The molecule has 24 heavy (non-hydrogen) atoms. The third kappa shape index (κ3) is 5.54. The van der Waals surface area contributed by atoms with E-state index in [1.54, 1.807) is 0 Å². The lowest BCUT2D eigenvalue weighted by Crippen LogP contribution is -2.34. The summed E-state index contributed by atoms with van der Waals surface area (Å²) in [7, 11) is 0. The van der Waals surface area contributed by atoms with Crippen LogP contribution in [0.25, 0.3) is 11.1 Å². The molecule has 0 saturated heterocycles. The van der Waals surface area contributed by atoms with Crippen LogP contribution in [0.1, 0.15) is 36.5 Å². The molecule has 4 heteroatoms. The van der Waals surface area contributed by atoms with Crippen molar-refractivity contribution in [1.82, 2.24) is 10.6 Å². The lowest BCUT2D eigenvalue weighted by atomic mass is 10.0. The predicted molar refractivity (Wildman–Crippen MR) is 96.7 cm³/mol. The zero-order chi connectivity index (χ0) is 17.2. The molecule has 0 heterocycles. The summed E-state index contributed by atoms with van der Waals surface area (Å²) in [6.45, 7) is 2.93. The summed E-state index contributed by atoms with van der Waals surface area (Å²) >= 11 is 0. The normalized spacial score (nSPS) is 10.2. The fourth-order valence-electron chi connectivity index (χ4n) is 2.35. The molecule has 0 fully saturated rings. The van der Waals surface area contributed by atoms with Gasteiger partial charge in [0.1, 0.15) is 0 Å². The Balaban J connectivity index is 1.78. The first-order chi connectivity index (χ1) is 11.7. The molecule has 2 aromatic carbocycles. The number of carbonyl (C=O) groups is 2. The Bertz CT molecular complexity index is 651. The minimum Gasteiger partial charge on any atom is -0.354 e. The minimum absolute atomic E-state index is 0.0401. The molecule has 126 valence electrons. The Morgan fingerprint density at radius 2 is 1.46 bits per heavy atom. The van der Waals surface area contributed by atoms with Gasteiger partial charge in [0.25, 0.3) is 5.91 Å². The maximum absolute atomic E-state index is 12.1. The number of rotatable bonds is 8. The van der Waals surface area contributed by atoms with Crippen LogP contribution < -0.4 is 10.6 Å². The number of hydrogen-bond donors (Lipinski definition) is 2. The van der Waals surface area contributed by atoms with Crippen LogP contribution in [0.4, 0.5) is 0 Å². The monoisotopic (exact) mass is 324 g/mol. The Morgan fingerprint density at radius 3 is 2.12 bits per heavy atom. The molecule has 0 saturated carbocycles. The van der Waals surface area contributed by atoms with Crippen molar-refractivity contribution >= 4 is 11.8 Å². The van der Waals surface area contributed by atoms with Crippen LogP contribution in [0.2, 0.25) is 0 Å². The summed E-state index contributed by atoms with van der Waals surface area (Å²) in [6.07, 6.45) is 2.44. The molecule has 0 spiro atoms. The maximum atomic E-state index is 12.1. The fraction of sp³-hybridized carbons (Fsp3) is 0.300. The third-order valence-corrected chi connectivity index (χ3v) is 3.74. The smallest absolute Gasteiger partial charge is 0.251 e. The van der Waals surface area contributed by atoms with Gasteiger partial charge in [0.05, 0.1) is 0 Å². The van der Waals surface area contributed by atoms with Gasteiger partial charge in [-0.15, -0.1) is 0 Å². The molecule has 0 aliphatic heterocycles. The quantitative estimate of drug-likeness (QED) is 0.731. The summed E-state index contributed by atoms with van der Waals surface area (Å²) in [5.41, 5.74) is 2.82. The molecular weight excluding hydrogens is 300 g/mol. The van der Waals surface area contributed by atoms with Gasteiger partial charge in [-0.1, -0.05) is 55.8 Å². The Morgan fingerprint density at radius 1 is 0.833 bits per heavy atom. The standard InChI is InChI=1S/C20H24N2O2/c1-2-3-9-19(23)21-14-15-22-20(24)18-12-10-17(11-13-18)16-7-5-4-6-8-16/h4-8,10-13H,2-3,9,14-15H2,1H3,(H,21,23)(H,22,24). The first-order valence-electron chi connectivity index (χ1n) is 8.41. The summed E-state index contributed by atoms with van der Waals surface area (Å²) in [5.74, 6) is -0.0873. The second-order valence-corrected chi connectivity index (χ2v) is 5.65. The molecule has 0 bridgehead atoms. The van der Waals surface area contributed by atoms with E-state index in [-0.39, 0.29) is 11.8 Å². The zero-order valence-electron chi connectivity index (χ0n) is 14.0. The molecule has 0 unspecified atom stereocenters. The summed E-state index contributed by atoms with van der Waals surface area (Å²) in [4.78, 5) is 23.6. The topological polar surface area (TPSA) is 58.2 Å². The van der Waals surface area contributed by atoms with Crippen molar-refractivity contribution in [3.63, 3.8) is 0 Å². The molecule has 2 rings (SSSR count). The van der Waals surface area contributed by atoms with Gasteiger partial charge in [-0.05, 0) is 29.7 Å². The van der Waals surface area contributed by atoms with Gasteiger partial charge in [0.15, 0.2) is 0 Å². The van der Waals surface area contributed by atoms with Crippen LogP contribution in [0, 0.1) is 0 Å². The van der Waals surface area contributed by atoms with Crippen LogP contribution in [0.15, 0.2) is 54.6 Å². The minimum atomic E-state index is -0.127. The van der Waals surface area contributed by atoms with Crippen molar-refractivity contribution in [1.29, 1.82) is 0 Å². The number of hydrogen-bond acceptors (Lipinski definition) is 2. The molecule has 0 aliphatic rings. The summed E-state index contributed by atoms with van der Waals surface area (Å²) < 4.78 is 0. The summed E-state index contributed by atoms with van der Waals surface area (Å²) in [6, 6.07) is 17.6. The Kier molecular flexibility index (Phi) is 7.02. The highest BCUT2D eigenvalue weighted by Crippen LogP contribution is 2.19. The van der Waals surface area contributed by atoms with E-state index in [1.165, 1.54) is 0 Å². The van der Waals surface area contributed by atoms with Crippen molar-refractivity contribution in [2.24, 2.45) is 0 Å². The van der Waals surface area contributed by atoms with Crippen molar-refractivity contribution in [3.8, 4) is 11.1 Å². The number of carbonyl (C=O) groups excluding carboxylic acids is 2. The molecule has 4 nitrogen and oxygen atoms in total. The number of unbranched alkanes of at least 4 members (excludes halogenated alkanes) is 1. The molecule has 0 aliphatic carbocycles. The highest BCUT2D eigenvalue weighted by atomic mass is 16.2. The van der Waals surface area contributed by atoms with E-state index >= 15 is 0 Å². The average Bonchev–Trinajstić information content (AvgIpc) is 2.64. The van der Waals surface area contributed by atoms with E-state index in [4.69, 9.17) is 0 Å². The van der Waals surface area contributed by atoms with Gasteiger partial charge in [0.2, 0.25) is 5.91 Å². The average molecular weight is 324 g/mol. The van der Waals surface area contributed by atoms with E-state index < -0.39 is 0 Å². The van der Waals surface area contributed by atoms with Gasteiger partial charge in [-0.3, -0.25) is 9.59 Å². The number of benzene rings is 2. The van der Waals surface area contributed by atoms with Crippen molar-refractivity contribution in [2.45, 2.75) is 26.2 Å². The van der Waals surface area contributed by atoms with Crippen LogP contribution in [0.5, 0.6) is 0 Å². The molecule has 2 aromatic rings. The first-order valence-corrected chi connectivity index (χ1v) is 8.41. The molecule has 0 atom stereocenters. The van der Waals surface area contributed by atoms with E-state index in [2.05, 4.69) is 17.6 Å². The maximum Gasteiger partial charge on any atom is 0.251 e. The van der Waals surface area contributed by atoms with Gasteiger partial charge in [-0.25, -0.2) is 0 Å². The second kappa shape index (κ2) is 9.50. The zero-order valence-corrected chi connectivity index (χ0v) is 14.0. The number of amides is 2. The molecule has 0 radical (unpaired) electrons. The van der Waals surface area contributed by atoms with Crippen molar-refractivity contribution < 1.29 is 9.59 Å². The molecular formula is C20H24N2O2. The van der Waals surface area contributed by atoms with Crippen molar-refractivity contribution in [2.75, 3.05) is 13.1 Å². The lowest BCUT2D eigenvalue weighted by molar-refractivity contribution is -0.121. The third-order valence-electron chi connectivity index (χ3n) is 3.74. The van der Waals surface area contributed by atoms with Gasteiger partial charge in [0, 0.05) is 25.1 Å².